The zero-order chi connectivity index (χ0) is 14.4. The highest BCUT2D eigenvalue weighted by Gasteiger charge is 2.22. The highest BCUT2D eigenvalue weighted by Crippen LogP contribution is 2.36. The fourth-order valence-electron chi connectivity index (χ4n) is 1.96. The van der Waals surface area contributed by atoms with Gasteiger partial charge >= 0.3 is 6.16 Å². The summed E-state index contributed by atoms with van der Waals surface area (Å²) in [6, 6.07) is 0. The number of carbonyl (C=O) groups is 1. The van der Waals surface area contributed by atoms with Gasteiger partial charge in [0.05, 0.1) is 0 Å². The number of hydrogen-bond acceptors (Lipinski definition) is 1. The van der Waals surface area contributed by atoms with Gasteiger partial charge in [0.15, 0.2) is 0 Å². The zero-order valence-corrected chi connectivity index (χ0v) is 13.4. The highest BCUT2D eigenvalue weighted by molar-refractivity contribution is 7.19. The maximum Gasteiger partial charge on any atom is 0.503 e. The summed E-state index contributed by atoms with van der Waals surface area (Å²) < 4.78 is 0. The summed E-state index contributed by atoms with van der Waals surface area (Å²) in [6.07, 6.45) is 10.6. The SMILES string of the molecule is CCCCC(P)(CCCC)CCCC.O=C(O)O. The van der Waals surface area contributed by atoms with Crippen LogP contribution in [-0.2, 0) is 0 Å². The molecule has 0 saturated heterocycles. The first-order valence-electron chi connectivity index (χ1n) is 7.12. The van der Waals surface area contributed by atoms with E-state index in [2.05, 4.69) is 30.0 Å². The monoisotopic (exact) mass is 278 g/mol. The molecule has 0 amide bonds. The Morgan fingerprint density at radius 1 is 0.889 bits per heavy atom. The van der Waals surface area contributed by atoms with Crippen LogP contribution in [0, 0.1) is 0 Å². The molecule has 0 fully saturated rings. The lowest BCUT2D eigenvalue weighted by molar-refractivity contribution is 0.137. The quantitative estimate of drug-likeness (QED) is 0.556. The molecule has 0 aliphatic heterocycles. The zero-order valence-electron chi connectivity index (χ0n) is 12.2. The average molecular weight is 278 g/mol. The van der Waals surface area contributed by atoms with E-state index < -0.39 is 6.16 Å². The van der Waals surface area contributed by atoms with Crippen LogP contribution < -0.4 is 0 Å². The Labute approximate surface area is 115 Å². The van der Waals surface area contributed by atoms with Gasteiger partial charge in [-0.1, -0.05) is 59.3 Å². The topological polar surface area (TPSA) is 57.5 Å². The van der Waals surface area contributed by atoms with E-state index in [0.29, 0.717) is 5.16 Å². The number of rotatable bonds is 9. The van der Waals surface area contributed by atoms with Crippen molar-refractivity contribution in [1.29, 1.82) is 0 Å². The summed E-state index contributed by atoms with van der Waals surface area (Å²) in [6.45, 7) is 6.89. The third-order valence-corrected chi connectivity index (χ3v) is 3.95. The van der Waals surface area contributed by atoms with E-state index in [1.807, 2.05) is 0 Å². The molecule has 1 atom stereocenters. The van der Waals surface area contributed by atoms with Crippen molar-refractivity contribution in [3.8, 4) is 0 Å². The van der Waals surface area contributed by atoms with Crippen LogP contribution in [0.25, 0.3) is 0 Å². The molecule has 0 rings (SSSR count). The van der Waals surface area contributed by atoms with E-state index in [1.54, 1.807) is 0 Å². The van der Waals surface area contributed by atoms with E-state index in [4.69, 9.17) is 15.0 Å². The standard InChI is InChI=1S/C13H29P.CH2O3/c1-4-7-10-13(14,11-8-5-2)12-9-6-3;2-1(3)4/h4-12,14H2,1-3H3;(H2,2,3,4). The van der Waals surface area contributed by atoms with Crippen molar-refractivity contribution in [2.24, 2.45) is 0 Å². The molecular weight excluding hydrogens is 247 g/mol. The molecule has 0 spiro atoms. The third kappa shape index (κ3) is 15.7. The minimum Gasteiger partial charge on any atom is -0.450 e. The van der Waals surface area contributed by atoms with Gasteiger partial charge in [-0.2, -0.15) is 0 Å². The van der Waals surface area contributed by atoms with Crippen molar-refractivity contribution < 1.29 is 15.0 Å². The lowest BCUT2D eigenvalue weighted by atomic mass is 9.90. The number of unbranched alkanes of at least 4 members (excludes halogenated alkanes) is 3. The number of carboxylic acid groups (broad SMARTS) is 2. The average Bonchev–Trinajstić information content (AvgIpc) is 2.31. The van der Waals surface area contributed by atoms with Crippen LogP contribution in [0.15, 0.2) is 0 Å². The number of hydrogen-bond donors (Lipinski definition) is 2. The molecule has 110 valence electrons. The molecule has 0 bridgehead atoms. The Morgan fingerprint density at radius 2 is 1.11 bits per heavy atom. The second kappa shape index (κ2) is 13.1. The summed E-state index contributed by atoms with van der Waals surface area (Å²) in [5, 5.41) is 14.5. The first-order valence-corrected chi connectivity index (χ1v) is 7.70. The molecule has 18 heavy (non-hydrogen) atoms. The second-order valence-corrected chi connectivity index (χ2v) is 6.18. The predicted octanol–water partition coefficient (Wildman–Crippen LogP) is 5.39. The van der Waals surface area contributed by atoms with Crippen LogP contribution in [-0.4, -0.2) is 21.5 Å². The molecule has 0 aliphatic rings. The summed E-state index contributed by atoms with van der Waals surface area (Å²) in [7, 11) is 3.17. The molecule has 4 heteroatoms. The Bertz CT molecular complexity index is 170. The first kappa shape index (κ1) is 20.0. The fourth-order valence-corrected chi connectivity index (χ4v) is 2.57. The van der Waals surface area contributed by atoms with Gasteiger partial charge in [0, 0.05) is 0 Å². The van der Waals surface area contributed by atoms with Crippen molar-refractivity contribution in [2.45, 2.75) is 83.7 Å². The first-order chi connectivity index (χ1) is 8.41. The molecule has 0 saturated carbocycles. The minimum atomic E-state index is -1.83. The van der Waals surface area contributed by atoms with E-state index in [0.717, 1.165) is 0 Å². The van der Waals surface area contributed by atoms with Gasteiger partial charge in [-0.3, -0.25) is 0 Å². The van der Waals surface area contributed by atoms with E-state index in [1.165, 1.54) is 57.8 Å². The van der Waals surface area contributed by atoms with Gasteiger partial charge < -0.3 is 10.2 Å². The summed E-state index contributed by atoms with van der Waals surface area (Å²) in [5.74, 6) is 0. The largest absolute Gasteiger partial charge is 0.503 e. The fraction of sp³-hybridized carbons (Fsp3) is 0.929. The van der Waals surface area contributed by atoms with Crippen LogP contribution in [0.1, 0.15) is 78.6 Å². The van der Waals surface area contributed by atoms with Crippen LogP contribution in [0.3, 0.4) is 0 Å². The van der Waals surface area contributed by atoms with Crippen molar-refractivity contribution in [2.75, 3.05) is 0 Å². The molecule has 0 aromatic heterocycles. The molecule has 0 aromatic rings. The van der Waals surface area contributed by atoms with Crippen LogP contribution >= 0.6 is 9.24 Å². The van der Waals surface area contributed by atoms with Crippen molar-refractivity contribution in [3.63, 3.8) is 0 Å². The van der Waals surface area contributed by atoms with Gasteiger partial charge in [-0.05, 0) is 24.4 Å². The van der Waals surface area contributed by atoms with Crippen molar-refractivity contribution in [1.82, 2.24) is 0 Å². The van der Waals surface area contributed by atoms with Crippen LogP contribution in [0.2, 0.25) is 0 Å². The Hall–Kier alpha value is -0.300. The molecule has 0 aliphatic carbocycles. The molecule has 3 nitrogen and oxygen atoms in total. The van der Waals surface area contributed by atoms with Gasteiger partial charge in [-0.15, -0.1) is 9.24 Å². The molecule has 0 heterocycles. The molecule has 0 radical (unpaired) electrons. The normalized spacial score (nSPS) is 10.7. The Morgan fingerprint density at radius 3 is 1.28 bits per heavy atom. The van der Waals surface area contributed by atoms with Crippen LogP contribution in [0.5, 0.6) is 0 Å². The molecule has 0 aromatic carbocycles. The summed E-state index contributed by atoms with van der Waals surface area (Å²) in [5.41, 5.74) is 0. The lowest BCUT2D eigenvalue weighted by Crippen LogP contribution is -2.20. The van der Waals surface area contributed by atoms with Gasteiger partial charge in [0.2, 0.25) is 0 Å². The third-order valence-electron chi connectivity index (χ3n) is 3.08. The maximum absolute atomic E-state index is 8.56. The van der Waals surface area contributed by atoms with Gasteiger partial charge in [0.1, 0.15) is 0 Å². The maximum atomic E-state index is 8.56. The van der Waals surface area contributed by atoms with Crippen LogP contribution in [0.4, 0.5) is 4.79 Å². The second-order valence-electron chi connectivity index (χ2n) is 4.96. The van der Waals surface area contributed by atoms with Gasteiger partial charge in [-0.25, -0.2) is 4.79 Å². The van der Waals surface area contributed by atoms with E-state index in [9.17, 15) is 0 Å². The minimum absolute atomic E-state index is 0.571. The summed E-state index contributed by atoms with van der Waals surface area (Å²) in [4.78, 5) is 8.56. The van der Waals surface area contributed by atoms with Crippen molar-refractivity contribution in [3.05, 3.63) is 0 Å². The molecule has 1 unspecified atom stereocenters. The molecular formula is C14H31O3P. The lowest BCUT2D eigenvalue weighted by Gasteiger charge is -2.29. The Balaban J connectivity index is 0. The van der Waals surface area contributed by atoms with Crippen molar-refractivity contribution >= 4 is 15.4 Å². The Kier molecular flexibility index (Phi) is 14.6. The predicted molar refractivity (Wildman–Crippen MR) is 81.7 cm³/mol. The smallest absolute Gasteiger partial charge is 0.450 e. The van der Waals surface area contributed by atoms with E-state index in [-0.39, 0.29) is 0 Å². The van der Waals surface area contributed by atoms with E-state index >= 15 is 0 Å². The molecule has 2 N–H and O–H groups in total. The summed E-state index contributed by atoms with van der Waals surface area (Å²) >= 11 is 0. The van der Waals surface area contributed by atoms with Gasteiger partial charge in [0.25, 0.3) is 0 Å². The highest BCUT2D eigenvalue weighted by atomic mass is 31.0.